The lowest BCUT2D eigenvalue weighted by Gasteiger charge is -2.10. The Kier molecular flexibility index (Phi) is 4.38. The molecule has 0 fully saturated rings. The van der Waals surface area contributed by atoms with Gasteiger partial charge in [-0.3, -0.25) is 9.52 Å². The van der Waals surface area contributed by atoms with Crippen molar-refractivity contribution in [2.45, 2.75) is 18.4 Å². The standard InChI is InChI=1S/C13H14BrN3O3S/c1-2-17-8-9(3-6-13(17)18)16-21(19,20)10-4-5-12(15)11(14)7-10/h3-8,16H,2,15H2,1H3. The molecule has 21 heavy (non-hydrogen) atoms. The van der Waals surface area contributed by atoms with Gasteiger partial charge in [-0.25, -0.2) is 8.42 Å². The molecule has 6 nitrogen and oxygen atoms in total. The molecule has 0 bridgehead atoms. The SMILES string of the molecule is CCn1cc(NS(=O)(=O)c2ccc(N)c(Br)c2)ccc1=O. The number of halogens is 1. The number of aryl methyl sites for hydroxylation is 1. The third-order valence-corrected chi connectivity index (χ3v) is 4.92. The van der Waals surface area contributed by atoms with Crippen LogP contribution in [0.25, 0.3) is 0 Å². The summed E-state index contributed by atoms with van der Waals surface area (Å²) in [6.07, 6.45) is 1.46. The van der Waals surface area contributed by atoms with E-state index in [2.05, 4.69) is 20.7 Å². The van der Waals surface area contributed by atoms with Crippen molar-refractivity contribution in [1.82, 2.24) is 4.57 Å². The maximum absolute atomic E-state index is 12.3. The highest BCUT2D eigenvalue weighted by Crippen LogP contribution is 2.24. The molecule has 1 aromatic heterocycles. The Hall–Kier alpha value is -1.80. The molecule has 2 aromatic rings. The second kappa shape index (κ2) is 5.90. The van der Waals surface area contributed by atoms with Crippen LogP contribution < -0.4 is 16.0 Å². The van der Waals surface area contributed by atoms with Crippen LogP contribution in [0.2, 0.25) is 0 Å². The molecule has 0 radical (unpaired) electrons. The largest absolute Gasteiger partial charge is 0.398 e. The van der Waals surface area contributed by atoms with Gasteiger partial charge in [-0.05, 0) is 47.1 Å². The van der Waals surface area contributed by atoms with E-state index in [1.807, 2.05) is 0 Å². The van der Waals surface area contributed by atoms with Gasteiger partial charge in [-0.15, -0.1) is 0 Å². The van der Waals surface area contributed by atoms with Crippen LogP contribution in [0.5, 0.6) is 0 Å². The first-order valence-corrected chi connectivity index (χ1v) is 8.39. The van der Waals surface area contributed by atoms with Gasteiger partial charge in [-0.1, -0.05) is 0 Å². The number of pyridine rings is 1. The molecule has 0 atom stereocenters. The fourth-order valence-corrected chi connectivity index (χ4v) is 3.33. The molecule has 0 aliphatic carbocycles. The van der Waals surface area contributed by atoms with Crippen molar-refractivity contribution < 1.29 is 8.42 Å². The molecule has 0 saturated carbocycles. The quantitative estimate of drug-likeness (QED) is 0.803. The summed E-state index contributed by atoms with van der Waals surface area (Å²) in [4.78, 5) is 11.6. The van der Waals surface area contributed by atoms with Gasteiger partial charge in [0.1, 0.15) is 0 Å². The molecule has 112 valence electrons. The van der Waals surface area contributed by atoms with Crippen LogP contribution in [0.15, 0.2) is 50.7 Å². The predicted octanol–water partition coefficient (Wildman–Crippen LogP) is 2.01. The van der Waals surface area contributed by atoms with Crippen molar-refractivity contribution >= 4 is 37.3 Å². The predicted molar refractivity (Wildman–Crippen MR) is 85.7 cm³/mol. The highest BCUT2D eigenvalue weighted by Gasteiger charge is 2.15. The Morgan fingerprint density at radius 3 is 2.62 bits per heavy atom. The van der Waals surface area contributed by atoms with Crippen LogP contribution in [-0.4, -0.2) is 13.0 Å². The summed E-state index contributed by atoms with van der Waals surface area (Å²) in [6.45, 7) is 2.26. The third-order valence-electron chi connectivity index (χ3n) is 2.86. The highest BCUT2D eigenvalue weighted by molar-refractivity contribution is 9.10. The Morgan fingerprint density at radius 2 is 2.00 bits per heavy atom. The lowest BCUT2D eigenvalue weighted by atomic mass is 10.3. The molecular weight excluding hydrogens is 358 g/mol. The monoisotopic (exact) mass is 371 g/mol. The minimum atomic E-state index is -3.74. The minimum Gasteiger partial charge on any atom is -0.398 e. The van der Waals surface area contributed by atoms with Crippen molar-refractivity contribution in [1.29, 1.82) is 0 Å². The van der Waals surface area contributed by atoms with Gasteiger partial charge < -0.3 is 10.3 Å². The van der Waals surface area contributed by atoms with Crippen LogP contribution in [0.3, 0.4) is 0 Å². The summed E-state index contributed by atoms with van der Waals surface area (Å²) in [5, 5.41) is 0. The van der Waals surface area contributed by atoms with Gasteiger partial charge in [0.05, 0.1) is 10.6 Å². The number of aromatic nitrogens is 1. The summed E-state index contributed by atoms with van der Waals surface area (Å²) >= 11 is 3.19. The van der Waals surface area contributed by atoms with Gasteiger partial charge >= 0.3 is 0 Å². The number of nitrogens with zero attached hydrogens (tertiary/aromatic N) is 1. The maximum atomic E-state index is 12.3. The Labute approximate surface area is 130 Å². The minimum absolute atomic E-state index is 0.0813. The number of hydrogen-bond acceptors (Lipinski definition) is 4. The zero-order valence-corrected chi connectivity index (χ0v) is 13.6. The van der Waals surface area contributed by atoms with Gasteiger partial charge in [0.25, 0.3) is 15.6 Å². The van der Waals surface area contributed by atoms with E-state index in [9.17, 15) is 13.2 Å². The topological polar surface area (TPSA) is 94.2 Å². The van der Waals surface area contributed by atoms with Gasteiger partial charge in [-0.2, -0.15) is 0 Å². The van der Waals surface area contributed by atoms with Crippen molar-refractivity contribution in [3.8, 4) is 0 Å². The van der Waals surface area contributed by atoms with E-state index < -0.39 is 10.0 Å². The molecule has 0 amide bonds. The average Bonchev–Trinajstić information content (AvgIpc) is 2.43. The summed E-state index contributed by atoms with van der Waals surface area (Å²) in [5.41, 5.74) is 6.23. The van der Waals surface area contributed by atoms with Crippen LogP contribution in [0.1, 0.15) is 6.92 Å². The average molecular weight is 372 g/mol. The number of nitrogen functional groups attached to an aromatic ring is 1. The molecule has 0 aliphatic rings. The van der Waals surface area contributed by atoms with E-state index in [0.717, 1.165) is 0 Å². The van der Waals surface area contributed by atoms with Crippen molar-refractivity contribution in [2.75, 3.05) is 10.5 Å². The van der Waals surface area contributed by atoms with E-state index in [1.165, 1.54) is 41.1 Å². The van der Waals surface area contributed by atoms with E-state index in [0.29, 0.717) is 22.4 Å². The number of sulfonamides is 1. The van der Waals surface area contributed by atoms with Crippen LogP contribution >= 0.6 is 15.9 Å². The van der Waals surface area contributed by atoms with E-state index in [-0.39, 0.29) is 10.5 Å². The number of anilines is 2. The third kappa shape index (κ3) is 3.45. The number of hydrogen-bond donors (Lipinski definition) is 2. The molecule has 1 heterocycles. The summed E-state index contributed by atoms with van der Waals surface area (Å²) < 4.78 is 28.9. The molecule has 0 aliphatic heterocycles. The second-order valence-electron chi connectivity index (χ2n) is 4.33. The number of nitrogens with one attached hydrogen (secondary N) is 1. The molecule has 0 spiro atoms. The van der Waals surface area contributed by atoms with Crippen LogP contribution in [0.4, 0.5) is 11.4 Å². The van der Waals surface area contributed by atoms with E-state index >= 15 is 0 Å². The first kappa shape index (κ1) is 15.6. The number of nitrogens with two attached hydrogens (primary N) is 1. The molecule has 1 aromatic carbocycles. The number of benzene rings is 1. The normalized spacial score (nSPS) is 11.3. The van der Waals surface area contributed by atoms with Crippen molar-refractivity contribution in [3.63, 3.8) is 0 Å². The maximum Gasteiger partial charge on any atom is 0.261 e. The molecule has 8 heteroatoms. The van der Waals surface area contributed by atoms with Crippen molar-refractivity contribution in [2.24, 2.45) is 0 Å². The Morgan fingerprint density at radius 1 is 1.29 bits per heavy atom. The van der Waals surface area contributed by atoms with Gasteiger partial charge in [0.15, 0.2) is 0 Å². The molecule has 3 N–H and O–H groups in total. The fraction of sp³-hybridized carbons (Fsp3) is 0.154. The summed E-state index contributed by atoms with van der Waals surface area (Å²) in [6, 6.07) is 7.09. The van der Waals surface area contributed by atoms with Gasteiger partial charge in [0, 0.05) is 29.0 Å². The molecule has 0 unspecified atom stereocenters. The highest BCUT2D eigenvalue weighted by atomic mass is 79.9. The lowest BCUT2D eigenvalue weighted by molar-refractivity contribution is 0.601. The van der Waals surface area contributed by atoms with E-state index in [1.54, 1.807) is 6.92 Å². The first-order chi connectivity index (χ1) is 9.83. The first-order valence-electron chi connectivity index (χ1n) is 6.12. The van der Waals surface area contributed by atoms with Crippen LogP contribution in [0, 0.1) is 0 Å². The summed E-state index contributed by atoms with van der Waals surface area (Å²) in [5.74, 6) is 0. The Balaban J connectivity index is 2.37. The lowest BCUT2D eigenvalue weighted by Crippen LogP contribution is -2.20. The zero-order chi connectivity index (χ0) is 15.6. The fourth-order valence-electron chi connectivity index (χ4n) is 1.73. The molecular formula is C13H14BrN3O3S. The number of rotatable bonds is 4. The van der Waals surface area contributed by atoms with Crippen LogP contribution in [-0.2, 0) is 16.6 Å². The van der Waals surface area contributed by atoms with E-state index in [4.69, 9.17) is 5.73 Å². The molecule has 0 saturated heterocycles. The zero-order valence-electron chi connectivity index (χ0n) is 11.2. The smallest absolute Gasteiger partial charge is 0.261 e. The molecule has 2 rings (SSSR count). The van der Waals surface area contributed by atoms with Gasteiger partial charge in [0.2, 0.25) is 0 Å². The second-order valence-corrected chi connectivity index (χ2v) is 6.87. The summed E-state index contributed by atoms with van der Waals surface area (Å²) in [7, 11) is -3.74. The van der Waals surface area contributed by atoms with Crippen molar-refractivity contribution in [3.05, 3.63) is 51.4 Å². The Bertz CT molecular complexity index is 831.